The fraction of sp³-hybridized carbons (Fsp3) is 0.303. The highest BCUT2D eigenvalue weighted by Crippen LogP contribution is 2.27. The first-order valence-corrected chi connectivity index (χ1v) is 16.2. The van der Waals surface area contributed by atoms with Crippen LogP contribution in [0.25, 0.3) is 22.1 Å². The Kier molecular flexibility index (Phi) is 8.60. The number of unbranched alkanes of at least 4 members (excludes halogenated alkanes) is 1. The number of aryl methyl sites for hydroxylation is 7. The van der Waals surface area contributed by atoms with Crippen molar-refractivity contribution in [2.24, 2.45) is 5.73 Å². The van der Waals surface area contributed by atoms with Crippen LogP contribution in [0.1, 0.15) is 72.2 Å². The zero-order valence-electron chi connectivity index (χ0n) is 26.9. The molecule has 242 valence electrons. The Bertz CT molecular complexity index is 2170. The number of thiazole rings is 1. The molecule has 0 saturated carbocycles. The molecule has 0 saturated heterocycles. The van der Waals surface area contributed by atoms with Crippen molar-refractivity contribution in [2.75, 3.05) is 10.6 Å². The van der Waals surface area contributed by atoms with E-state index in [1.807, 2.05) is 62.0 Å². The number of anilines is 2. The Hall–Kier alpha value is -5.37. The summed E-state index contributed by atoms with van der Waals surface area (Å²) in [7, 11) is 0. The number of nitrogens with one attached hydrogen (secondary N) is 2. The van der Waals surface area contributed by atoms with E-state index in [1.54, 1.807) is 28.9 Å². The van der Waals surface area contributed by atoms with Crippen molar-refractivity contribution in [1.29, 1.82) is 0 Å². The topological polar surface area (TPSA) is 168 Å². The number of nitrogens with zero attached hydrogens (tertiary/aromatic N) is 7. The third kappa shape index (κ3) is 6.23. The summed E-state index contributed by atoms with van der Waals surface area (Å²) < 4.78 is 5.63. The number of para-hydroxylation sites is 1. The molecule has 2 aromatic carbocycles. The maximum absolute atomic E-state index is 13.4. The first-order chi connectivity index (χ1) is 22.5. The van der Waals surface area contributed by atoms with Crippen molar-refractivity contribution in [3.8, 4) is 0 Å². The zero-order valence-corrected chi connectivity index (χ0v) is 27.7. The molecule has 6 aromatic rings. The number of benzene rings is 2. The molecule has 14 heteroatoms. The minimum Gasteiger partial charge on any atom is -0.366 e. The number of imidazole rings is 2. The monoisotopic (exact) mass is 652 g/mol. The summed E-state index contributed by atoms with van der Waals surface area (Å²) in [5.41, 5.74) is 11.9. The van der Waals surface area contributed by atoms with Crippen molar-refractivity contribution in [3.05, 3.63) is 80.6 Å². The van der Waals surface area contributed by atoms with E-state index in [0.717, 1.165) is 39.2 Å². The van der Waals surface area contributed by atoms with Crippen LogP contribution in [0.2, 0.25) is 0 Å². The third-order valence-electron chi connectivity index (χ3n) is 8.01. The summed E-state index contributed by atoms with van der Waals surface area (Å²) in [5.74, 6) is -0.276. The van der Waals surface area contributed by atoms with E-state index in [4.69, 9.17) is 10.7 Å². The number of aromatic nitrogens is 7. The number of carbonyl (C=O) groups is 3. The SMILES string of the molecule is CCn1nc(C)cc1C(=O)Nc1nc2cc(C(N)=O)ccc2n1CCCCn1c(NC(=O)c2sc(C)nc2C)nc2cccc(C)c21. The molecule has 0 bridgehead atoms. The predicted octanol–water partition coefficient (Wildman–Crippen LogP) is 5.38. The second kappa shape index (κ2) is 12.8. The zero-order chi connectivity index (χ0) is 33.4. The molecule has 0 unspecified atom stereocenters. The molecule has 0 aliphatic carbocycles. The molecule has 47 heavy (non-hydrogen) atoms. The summed E-state index contributed by atoms with van der Waals surface area (Å²) in [6, 6.07) is 12.7. The van der Waals surface area contributed by atoms with Crippen LogP contribution in [0.4, 0.5) is 11.9 Å². The second-order valence-corrected chi connectivity index (χ2v) is 12.6. The Morgan fingerprint density at radius 3 is 2.26 bits per heavy atom. The summed E-state index contributed by atoms with van der Waals surface area (Å²) in [6.07, 6.45) is 1.44. The van der Waals surface area contributed by atoms with Gasteiger partial charge in [0.2, 0.25) is 17.8 Å². The van der Waals surface area contributed by atoms with E-state index in [2.05, 4.69) is 25.7 Å². The normalized spacial score (nSPS) is 11.4. The van der Waals surface area contributed by atoms with Gasteiger partial charge in [-0.1, -0.05) is 12.1 Å². The van der Waals surface area contributed by atoms with Crippen LogP contribution in [0.15, 0.2) is 42.5 Å². The molecule has 6 rings (SSSR count). The molecule has 0 radical (unpaired) electrons. The number of fused-ring (bicyclic) bond motifs is 2. The lowest BCUT2D eigenvalue weighted by molar-refractivity contribution is 0.0995. The van der Waals surface area contributed by atoms with Crippen LogP contribution in [-0.4, -0.2) is 51.6 Å². The number of primary amides is 1. The van der Waals surface area contributed by atoms with Gasteiger partial charge in [-0.15, -0.1) is 11.3 Å². The number of carbonyl (C=O) groups excluding carboxylic acids is 3. The molecule has 0 atom stereocenters. The lowest BCUT2D eigenvalue weighted by Crippen LogP contribution is -2.20. The van der Waals surface area contributed by atoms with Crippen LogP contribution in [0.5, 0.6) is 0 Å². The molecule has 4 aromatic heterocycles. The minimum absolute atomic E-state index is 0.234. The van der Waals surface area contributed by atoms with Crippen LogP contribution >= 0.6 is 11.3 Å². The number of hydrogen-bond donors (Lipinski definition) is 3. The van der Waals surface area contributed by atoms with Gasteiger partial charge in [-0.05, 0) is 83.4 Å². The third-order valence-corrected chi connectivity index (χ3v) is 9.08. The Labute approximate surface area is 274 Å². The van der Waals surface area contributed by atoms with Gasteiger partial charge >= 0.3 is 0 Å². The molecule has 4 heterocycles. The second-order valence-electron chi connectivity index (χ2n) is 11.4. The molecule has 0 fully saturated rings. The van der Waals surface area contributed by atoms with Crippen LogP contribution in [0, 0.1) is 27.7 Å². The Morgan fingerprint density at radius 2 is 1.55 bits per heavy atom. The summed E-state index contributed by atoms with van der Waals surface area (Å²) in [4.78, 5) is 52.9. The van der Waals surface area contributed by atoms with Gasteiger partial charge in [-0.25, -0.2) is 15.0 Å². The highest BCUT2D eigenvalue weighted by atomic mass is 32.1. The minimum atomic E-state index is -0.555. The molecule has 13 nitrogen and oxygen atoms in total. The van der Waals surface area contributed by atoms with Gasteiger partial charge in [0.05, 0.1) is 38.5 Å². The number of rotatable bonds is 11. The van der Waals surface area contributed by atoms with Crippen LogP contribution in [-0.2, 0) is 19.6 Å². The van der Waals surface area contributed by atoms with Gasteiger partial charge in [0.25, 0.3) is 11.8 Å². The largest absolute Gasteiger partial charge is 0.366 e. The fourth-order valence-corrected chi connectivity index (χ4v) is 6.67. The lowest BCUT2D eigenvalue weighted by atomic mass is 10.2. The molecular weight excluding hydrogens is 616 g/mol. The van der Waals surface area contributed by atoms with E-state index in [0.29, 0.717) is 65.3 Å². The summed E-state index contributed by atoms with van der Waals surface area (Å²) in [6.45, 7) is 11.2. The van der Waals surface area contributed by atoms with Gasteiger partial charge in [0.1, 0.15) is 10.6 Å². The average Bonchev–Trinajstić information content (AvgIpc) is 3.77. The smallest absolute Gasteiger partial charge is 0.276 e. The molecule has 4 N–H and O–H groups in total. The van der Waals surface area contributed by atoms with Crippen LogP contribution < -0.4 is 16.4 Å². The maximum Gasteiger partial charge on any atom is 0.276 e. The van der Waals surface area contributed by atoms with Crippen LogP contribution in [0.3, 0.4) is 0 Å². The van der Waals surface area contributed by atoms with Crippen molar-refractivity contribution >= 4 is 63.0 Å². The van der Waals surface area contributed by atoms with Gasteiger partial charge < -0.3 is 14.9 Å². The predicted molar refractivity (Wildman–Crippen MR) is 182 cm³/mol. The maximum atomic E-state index is 13.4. The Balaban J connectivity index is 1.25. The van der Waals surface area contributed by atoms with Gasteiger partial charge in [0, 0.05) is 25.2 Å². The molecule has 0 aliphatic rings. The first kappa shape index (κ1) is 31.6. The summed E-state index contributed by atoms with van der Waals surface area (Å²) >= 11 is 1.36. The number of amides is 3. The van der Waals surface area contributed by atoms with E-state index in [-0.39, 0.29) is 11.8 Å². The quantitative estimate of drug-likeness (QED) is 0.158. The average molecular weight is 653 g/mol. The Morgan fingerprint density at radius 1 is 0.851 bits per heavy atom. The van der Waals surface area contributed by atoms with E-state index >= 15 is 0 Å². The van der Waals surface area contributed by atoms with E-state index in [1.165, 1.54) is 11.3 Å². The molecule has 0 spiro atoms. The first-order valence-electron chi connectivity index (χ1n) is 15.4. The van der Waals surface area contributed by atoms with Crippen molar-refractivity contribution in [3.63, 3.8) is 0 Å². The van der Waals surface area contributed by atoms with Gasteiger partial charge in [-0.3, -0.25) is 29.7 Å². The van der Waals surface area contributed by atoms with E-state index in [9.17, 15) is 14.4 Å². The highest BCUT2D eigenvalue weighted by Gasteiger charge is 2.21. The molecule has 3 amide bonds. The van der Waals surface area contributed by atoms with E-state index < -0.39 is 5.91 Å². The van der Waals surface area contributed by atoms with Gasteiger partial charge in [-0.2, -0.15) is 5.10 Å². The summed E-state index contributed by atoms with van der Waals surface area (Å²) in [5, 5.41) is 11.2. The van der Waals surface area contributed by atoms with Gasteiger partial charge in [0.15, 0.2) is 0 Å². The highest BCUT2D eigenvalue weighted by molar-refractivity contribution is 7.13. The van der Waals surface area contributed by atoms with Crippen molar-refractivity contribution in [1.82, 2.24) is 33.9 Å². The van der Waals surface area contributed by atoms with Crippen molar-refractivity contribution in [2.45, 2.75) is 67.1 Å². The fourth-order valence-electron chi connectivity index (χ4n) is 5.86. The number of hydrogen-bond acceptors (Lipinski definition) is 8. The number of nitrogens with two attached hydrogens (primary N) is 1. The van der Waals surface area contributed by atoms with Crippen molar-refractivity contribution < 1.29 is 14.4 Å². The standard InChI is InChI=1S/C33H36N10O3S/c1-6-43-26(16-19(3)40-43)30(45)38-32-37-24-17-22(29(34)44)12-13-25(24)41(32)14-7-8-15-42-27-18(2)10-9-11-23(27)36-33(42)39-31(46)28-20(4)35-21(5)47-28/h9-13,16-17H,6-8,14-15H2,1-5H3,(H2,34,44)(H,36,39,46)(H,37,38,45). The molecular formula is C33H36N10O3S. The molecule has 0 aliphatic heterocycles. The lowest BCUT2D eigenvalue weighted by Gasteiger charge is -2.13.